The normalized spacial score (nSPS) is 16.9. The molecular weight excluding hydrogens is 390 g/mol. The lowest BCUT2D eigenvalue weighted by atomic mass is 10.4. The molecule has 0 aliphatic heterocycles. The number of halogens is 2. The molecule has 1 aliphatic rings. The smallest absolute Gasteiger partial charge is 0.252 e. The number of nitrogens with two attached hydrogens (primary N) is 1. The topological polar surface area (TPSA) is 96.0 Å². The fourth-order valence-corrected chi connectivity index (χ4v) is 5.92. The molecule has 2 rings (SSSR count). The average molecular weight is 403 g/mol. The van der Waals surface area contributed by atoms with Crippen molar-refractivity contribution in [1.29, 1.82) is 0 Å². The van der Waals surface area contributed by atoms with E-state index < -0.39 is 10.0 Å². The first-order valence-corrected chi connectivity index (χ1v) is 9.22. The lowest BCUT2D eigenvalue weighted by molar-refractivity contribution is 0.315. The van der Waals surface area contributed by atoms with Crippen molar-refractivity contribution in [3.63, 3.8) is 0 Å². The van der Waals surface area contributed by atoms with Gasteiger partial charge in [0.1, 0.15) is 10.0 Å². The molecule has 3 N–H and O–H groups in total. The van der Waals surface area contributed by atoms with Crippen molar-refractivity contribution in [2.24, 2.45) is 10.9 Å². The van der Waals surface area contributed by atoms with Crippen LogP contribution >= 0.6 is 38.9 Å². The van der Waals surface area contributed by atoms with E-state index >= 15 is 0 Å². The van der Waals surface area contributed by atoms with Crippen LogP contribution in [0, 0.1) is 0 Å². The Balaban J connectivity index is 2.23. The van der Waals surface area contributed by atoms with Gasteiger partial charge in [0.15, 0.2) is 0 Å². The Kier molecular flexibility index (Phi) is 4.96. The van der Waals surface area contributed by atoms with E-state index in [0.717, 1.165) is 24.2 Å². The third-order valence-electron chi connectivity index (χ3n) is 2.86. The van der Waals surface area contributed by atoms with Gasteiger partial charge in [0.05, 0.1) is 8.81 Å². The summed E-state index contributed by atoms with van der Waals surface area (Å²) in [5.41, 5.74) is 5.40. The summed E-state index contributed by atoms with van der Waals surface area (Å²) in [6, 6.07) is 1.43. The third kappa shape index (κ3) is 3.45. The van der Waals surface area contributed by atoms with Gasteiger partial charge in [0.2, 0.25) is 0 Å². The van der Waals surface area contributed by atoms with Gasteiger partial charge in [-0.2, -0.15) is 4.31 Å². The minimum absolute atomic E-state index is 0.00820. The summed E-state index contributed by atoms with van der Waals surface area (Å²) in [7, 11) is -3.60. The number of rotatable bonds is 6. The molecule has 0 aromatic carbocycles. The van der Waals surface area contributed by atoms with Crippen molar-refractivity contribution >= 4 is 54.7 Å². The third-order valence-corrected chi connectivity index (χ3v) is 7.73. The van der Waals surface area contributed by atoms with Crippen LogP contribution in [0.5, 0.6) is 0 Å². The molecule has 20 heavy (non-hydrogen) atoms. The molecule has 1 fully saturated rings. The van der Waals surface area contributed by atoms with E-state index in [1.54, 1.807) is 0 Å². The van der Waals surface area contributed by atoms with Gasteiger partial charge in [-0.25, -0.2) is 8.42 Å². The molecule has 1 aliphatic carbocycles. The zero-order valence-electron chi connectivity index (χ0n) is 10.3. The van der Waals surface area contributed by atoms with Gasteiger partial charge in [0, 0.05) is 19.0 Å². The van der Waals surface area contributed by atoms with Gasteiger partial charge < -0.3 is 10.9 Å². The van der Waals surface area contributed by atoms with E-state index in [9.17, 15) is 8.42 Å². The summed E-state index contributed by atoms with van der Waals surface area (Å²) < 4.78 is 27.4. The Morgan fingerprint density at radius 3 is 2.75 bits per heavy atom. The van der Waals surface area contributed by atoms with E-state index in [1.807, 2.05) is 0 Å². The van der Waals surface area contributed by atoms with E-state index in [1.165, 1.54) is 10.4 Å². The number of hydrogen-bond donors (Lipinski definition) is 2. The SMILES string of the molecule is NC(CCN(C1CC1)S(=O)(=O)c1cc(Cl)c(Br)s1)=NO. The van der Waals surface area contributed by atoms with Crippen LogP contribution in [-0.2, 0) is 10.0 Å². The zero-order valence-corrected chi connectivity index (χ0v) is 14.3. The monoisotopic (exact) mass is 401 g/mol. The van der Waals surface area contributed by atoms with Crippen molar-refractivity contribution in [3.05, 3.63) is 14.9 Å². The standard InChI is InChI=1S/C10H13BrClN3O3S2/c11-10-7(12)5-9(19-10)20(17,18)15(6-1-2-6)4-3-8(13)14-16/h5-6,16H,1-4H2,(H2,13,14). The zero-order chi connectivity index (χ0) is 14.9. The summed E-state index contributed by atoms with van der Waals surface area (Å²) in [6.45, 7) is 0.191. The second kappa shape index (κ2) is 6.18. The first-order chi connectivity index (χ1) is 9.36. The molecule has 0 saturated heterocycles. The predicted molar refractivity (Wildman–Crippen MR) is 82.0 cm³/mol. The first kappa shape index (κ1) is 16.0. The van der Waals surface area contributed by atoms with E-state index in [-0.39, 0.29) is 29.1 Å². The van der Waals surface area contributed by atoms with E-state index in [2.05, 4.69) is 21.1 Å². The Morgan fingerprint density at radius 2 is 2.30 bits per heavy atom. The van der Waals surface area contributed by atoms with Crippen LogP contribution < -0.4 is 5.73 Å². The highest BCUT2D eigenvalue weighted by Crippen LogP contribution is 2.39. The lowest BCUT2D eigenvalue weighted by Crippen LogP contribution is -2.35. The maximum atomic E-state index is 12.6. The van der Waals surface area contributed by atoms with Crippen molar-refractivity contribution < 1.29 is 13.6 Å². The van der Waals surface area contributed by atoms with E-state index in [0.29, 0.717) is 8.81 Å². The summed E-state index contributed by atoms with van der Waals surface area (Å²) in [4.78, 5) is 0. The molecule has 0 radical (unpaired) electrons. The molecule has 1 aromatic heterocycles. The second-order valence-electron chi connectivity index (χ2n) is 4.38. The lowest BCUT2D eigenvalue weighted by Gasteiger charge is -2.20. The first-order valence-electron chi connectivity index (χ1n) is 5.79. The van der Waals surface area contributed by atoms with Crippen molar-refractivity contribution in [2.75, 3.05) is 6.54 Å². The van der Waals surface area contributed by atoms with Crippen molar-refractivity contribution in [3.8, 4) is 0 Å². The number of nitrogens with zero attached hydrogens (tertiary/aromatic N) is 2. The maximum Gasteiger partial charge on any atom is 0.252 e. The highest BCUT2D eigenvalue weighted by atomic mass is 79.9. The molecule has 0 spiro atoms. The molecule has 0 unspecified atom stereocenters. The minimum atomic E-state index is -3.60. The molecular formula is C10H13BrClN3O3S2. The molecule has 1 heterocycles. The summed E-state index contributed by atoms with van der Waals surface area (Å²) in [5, 5.41) is 11.8. The number of amidine groups is 1. The van der Waals surface area contributed by atoms with E-state index in [4.69, 9.17) is 22.5 Å². The number of oxime groups is 1. The largest absolute Gasteiger partial charge is 0.409 e. The molecule has 10 heteroatoms. The highest BCUT2D eigenvalue weighted by Gasteiger charge is 2.38. The van der Waals surface area contributed by atoms with Gasteiger partial charge in [0.25, 0.3) is 10.0 Å². The Labute approximate surface area is 134 Å². The molecule has 0 bridgehead atoms. The van der Waals surface area contributed by atoms with Crippen molar-refractivity contribution in [1.82, 2.24) is 4.31 Å². The van der Waals surface area contributed by atoms with Crippen LogP contribution in [0.2, 0.25) is 5.02 Å². The molecule has 112 valence electrons. The Morgan fingerprint density at radius 1 is 1.65 bits per heavy atom. The number of hydrogen-bond acceptors (Lipinski definition) is 5. The second-order valence-corrected chi connectivity index (χ2v) is 9.27. The van der Waals surface area contributed by atoms with Gasteiger partial charge in [-0.15, -0.1) is 11.3 Å². The van der Waals surface area contributed by atoms with Crippen LogP contribution in [0.15, 0.2) is 19.2 Å². The Hall–Kier alpha value is -0.350. The molecule has 1 aromatic rings. The van der Waals surface area contributed by atoms with Gasteiger partial charge in [-0.05, 0) is 34.8 Å². The van der Waals surface area contributed by atoms with Gasteiger partial charge in [-0.1, -0.05) is 16.8 Å². The highest BCUT2D eigenvalue weighted by molar-refractivity contribution is 9.11. The summed E-state index contributed by atoms with van der Waals surface area (Å²) >= 11 is 10.2. The van der Waals surface area contributed by atoms with Crippen LogP contribution in [0.1, 0.15) is 19.3 Å². The fraction of sp³-hybridized carbons (Fsp3) is 0.500. The van der Waals surface area contributed by atoms with Crippen LogP contribution in [0.25, 0.3) is 0 Å². The van der Waals surface area contributed by atoms with Crippen LogP contribution in [0.4, 0.5) is 0 Å². The van der Waals surface area contributed by atoms with Gasteiger partial charge >= 0.3 is 0 Å². The molecule has 6 nitrogen and oxygen atoms in total. The van der Waals surface area contributed by atoms with Crippen LogP contribution in [-0.4, -0.2) is 36.4 Å². The predicted octanol–water partition coefficient (Wildman–Crippen LogP) is 2.45. The average Bonchev–Trinajstić information content (AvgIpc) is 3.16. The number of thiophene rings is 1. The number of sulfonamides is 1. The quantitative estimate of drug-likeness (QED) is 0.330. The van der Waals surface area contributed by atoms with Crippen molar-refractivity contribution in [2.45, 2.75) is 29.5 Å². The minimum Gasteiger partial charge on any atom is -0.409 e. The van der Waals surface area contributed by atoms with Crippen LogP contribution in [0.3, 0.4) is 0 Å². The summed E-state index contributed by atoms with van der Waals surface area (Å²) in [6.07, 6.45) is 1.85. The molecule has 0 amide bonds. The fourth-order valence-electron chi connectivity index (χ4n) is 1.71. The Bertz CT molecular complexity index is 608. The van der Waals surface area contributed by atoms with Gasteiger partial charge in [-0.3, -0.25) is 0 Å². The summed E-state index contributed by atoms with van der Waals surface area (Å²) in [5.74, 6) is 0.0104. The molecule has 1 saturated carbocycles. The molecule has 0 atom stereocenters. The maximum absolute atomic E-state index is 12.6.